The van der Waals surface area contributed by atoms with Crippen LogP contribution >= 0.6 is 0 Å². The van der Waals surface area contributed by atoms with Crippen LogP contribution in [0.2, 0.25) is 0 Å². The van der Waals surface area contributed by atoms with Gasteiger partial charge in [-0.3, -0.25) is 19.2 Å². The number of amides is 4. The summed E-state index contributed by atoms with van der Waals surface area (Å²) in [7, 11) is 3.03. The highest BCUT2D eigenvalue weighted by Crippen LogP contribution is 2.21. The normalized spacial score (nSPS) is 10.6. The number of anilines is 2. The van der Waals surface area contributed by atoms with Gasteiger partial charge in [-0.25, -0.2) is 0 Å². The predicted molar refractivity (Wildman–Crippen MR) is 178 cm³/mol. The fraction of sp³-hybridized carbons (Fsp3) is 0.394. The van der Waals surface area contributed by atoms with E-state index in [0.29, 0.717) is 62.7 Å². The Morgan fingerprint density at radius 2 is 1.04 bits per heavy atom. The van der Waals surface area contributed by atoms with Crippen LogP contribution < -0.4 is 41.4 Å². The van der Waals surface area contributed by atoms with E-state index >= 15 is 0 Å². The molecule has 0 fully saturated rings. The summed E-state index contributed by atoms with van der Waals surface area (Å²) in [5.41, 5.74) is 4.04. The van der Waals surface area contributed by atoms with Crippen LogP contribution in [0.4, 0.5) is 11.6 Å². The van der Waals surface area contributed by atoms with Gasteiger partial charge in [0.25, 0.3) is 0 Å². The van der Waals surface area contributed by atoms with Crippen molar-refractivity contribution >= 4 is 35.3 Å². The van der Waals surface area contributed by atoms with Crippen molar-refractivity contribution in [3.63, 3.8) is 0 Å². The Hall–Kier alpha value is -5.08. The quantitative estimate of drug-likeness (QED) is 0.111. The number of nitrogens with one attached hydrogen (secondary N) is 6. The molecule has 4 amide bonds. The van der Waals surface area contributed by atoms with E-state index in [1.54, 1.807) is 12.1 Å². The fourth-order valence-corrected chi connectivity index (χ4v) is 4.64. The van der Waals surface area contributed by atoms with Crippen LogP contribution in [0.3, 0.4) is 0 Å². The maximum Gasteiger partial charge on any atom is 0.229 e. The molecule has 47 heavy (non-hydrogen) atoms. The molecule has 0 aliphatic carbocycles. The molecule has 14 nitrogen and oxygen atoms in total. The zero-order chi connectivity index (χ0) is 34.2. The second kappa shape index (κ2) is 18.8. The zero-order valence-electron chi connectivity index (χ0n) is 27.5. The summed E-state index contributed by atoms with van der Waals surface area (Å²) in [6, 6.07) is 12.6. The van der Waals surface area contributed by atoms with E-state index in [9.17, 15) is 19.2 Å². The number of carbonyl (C=O) groups excluding carboxylic acids is 4. The van der Waals surface area contributed by atoms with Gasteiger partial charge in [0.05, 0.1) is 27.1 Å². The van der Waals surface area contributed by atoms with Crippen LogP contribution in [0.25, 0.3) is 0 Å². The Kier molecular flexibility index (Phi) is 14.5. The molecule has 0 saturated heterocycles. The van der Waals surface area contributed by atoms with Gasteiger partial charge < -0.3 is 41.4 Å². The zero-order valence-corrected chi connectivity index (χ0v) is 27.5. The van der Waals surface area contributed by atoms with E-state index in [2.05, 4.69) is 41.9 Å². The summed E-state index contributed by atoms with van der Waals surface area (Å²) in [5.74, 6) is 0.800. The number of rotatable bonds is 18. The molecule has 0 aliphatic heterocycles. The first-order chi connectivity index (χ1) is 22.6. The number of aromatic nitrogens is 2. The van der Waals surface area contributed by atoms with Gasteiger partial charge in [0.2, 0.25) is 35.4 Å². The first-order valence-corrected chi connectivity index (χ1v) is 15.2. The minimum Gasteiger partial charge on any atom is -0.481 e. The molecule has 14 heteroatoms. The number of methoxy groups -OCH3 is 2. The van der Waals surface area contributed by atoms with Gasteiger partial charge in [-0.1, -0.05) is 18.2 Å². The van der Waals surface area contributed by atoms with Gasteiger partial charge in [-0.2, -0.15) is 9.97 Å². The number of carbonyl (C=O) groups is 4. The number of pyridine rings is 2. The van der Waals surface area contributed by atoms with Crippen molar-refractivity contribution in [1.29, 1.82) is 0 Å². The lowest BCUT2D eigenvalue weighted by molar-refractivity contribution is -0.119. The molecule has 0 aliphatic rings. The standard InChI is InChI=1S/C33H44N8O6/c1-21-24(17-30(44)38-28-11-9-26(32(40-28)46-4)19-34-13-15-36-22(2)42)7-6-8-25(21)18-31(45)39-29-12-10-27(33(41-29)47-5)20-35-14-16-37-23(3)43/h6-12,34-35H,13-20H2,1-5H3,(H,36,42)(H,37,43)(H,38,40,44)(H,39,41,45). The molecule has 1 aromatic carbocycles. The monoisotopic (exact) mass is 648 g/mol. The number of ether oxygens (including phenoxy) is 2. The molecule has 0 spiro atoms. The lowest BCUT2D eigenvalue weighted by Crippen LogP contribution is -2.30. The van der Waals surface area contributed by atoms with Crippen LogP contribution in [0.15, 0.2) is 42.5 Å². The van der Waals surface area contributed by atoms with E-state index < -0.39 is 0 Å². The summed E-state index contributed by atoms with van der Waals surface area (Å²) >= 11 is 0. The van der Waals surface area contributed by atoms with Gasteiger partial charge in [0.15, 0.2) is 0 Å². The second-order valence-electron chi connectivity index (χ2n) is 10.7. The molecule has 0 saturated carbocycles. The Balaban J connectivity index is 1.54. The van der Waals surface area contributed by atoms with Crippen LogP contribution in [0, 0.1) is 6.92 Å². The fourth-order valence-electron chi connectivity index (χ4n) is 4.64. The van der Waals surface area contributed by atoms with Crippen LogP contribution in [-0.4, -0.2) is 74.0 Å². The number of hydrogen-bond acceptors (Lipinski definition) is 10. The predicted octanol–water partition coefficient (Wildman–Crippen LogP) is 1.62. The lowest BCUT2D eigenvalue weighted by atomic mass is 9.97. The molecule has 0 atom stereocenters. The molecule has 0 bridgehead atoms. The van der Waals surface area contributed by atoms with Crippen LogP contribution in [-0.2, 0) is 45.1 Å². The number of hydrogen-bond donors (Lipinski definition) is 6. The van der Waals surface area contributed by atoms with Crippen molar-refractivity contribution in [2.45, 2.75) is 46.7 Å². The van der Waals surface area contributed by atoms with Crippen molar-refractivity contribution in [3.05, 3.63) is 70.3 Å². The summed E-state index contributed by atoms with van der Waals surface area (Å²) in [6.45, 7) is 7.97. The van der Waals surface area contributed by atoms with Crippen molar-refractivity contribution in [3.8, 4) is 11.8 Å². The summed E-state index contributed by atoms with van der Waals surface area (Å²) in [5, 5.41) is 17.5. The first kappa shape index (κ1) is 36.4. The molecule has 6 N–H and O–H groups in total. The highest BCUT2D eigenvalue weighted by Gasteiger charge is 2.15. The Bertz CT molecular complexity index is 1440. The lowest BCUT2D eigenvalue weighted by Gasteiger charge is -2.14. The third-order valence-corrected chi connectivity index (χ3v) is 7.04. The largest absolute Gasteiger partial charge is 0.481 e. The van der Waals surface area contributed by atoms with Gasteiger partial charge in [0, 0.05) is 64.2 Å². The highest BCUT2D eigenvalue weighted by atomic mass is 16.5. The Morgan fingerprint density at radius 1 is 0.617 bits per heavy atom. The molecular weight excluding hydrogens is 604 g/mol. The minimum atomic E-state index is -0.258. The summed E-state index contributed by atoms with van der Waals surface area (Å²) < 4.78 is 10.8. The topological polar surface area (TPSA) is 185 Å². The minimum absolute atomic E-state index is 0.0855. The second-order valence-corrected chi connectivity index (χ2v) is 10.7. The van der Waals surface area contributed by atoms with Gasteiger partial charge in [-0.05, 0) is 47.9 Å². The molecular formula is C33H44N8O6. The summed E-state index contributed by atoms with van der Waals surface area (Å²) in [6.07, 6.45) is 0.188. The van der Waals surface area contributed by atoms with Gasteiger partial charge in [-0.15, -0.1) is 0 Å². The Labute approximate surface area is 274 Å². The summed E-state index contributed by atoms with van der Waals surface area (Å²) in [4.78, 5) is 56.7. The SMILES string of the molecule is COc1nc(NC(=O)Cc2cccc(CC(=O)Nc3ccc(CNCCNC(C)=O)c(OC)n3)c2C)ccc1CNCCNC(C)=O. The number of benzene rings is 1. The van der Waals surface area contributed by atoms with Gasteiger partial charge in [0.1, 0.15) is 11.6 Å². The van der Waals surface area contributed by atoms with E-state index in [-0.39, 0.29) is 36.5 Å². The van der Waals surface area contributed by atoms with Crippen molar-refractivity contribution in [2.24, 2.45) is 0 Å². The molecule has 3 rings (SSSR count). The molecule has 0 radical (unpaired) electrons. The van der Waals surface area contributed by atoms with E-state index in [4.69, 9.17) is 9.47 Å². The van der Waals surface area contributed by atoms with Crippen LogP contribution in [0.1, 0.15) is 41.7 Å². The molecule has 252 valence electrons. The first-order valence-electron chi connectivity index (χ1n) is 15.2. The van der Waals surface area contributed by atoms with Crippen molar-refractivity contribution in [1.82, 2.24) is 31.2 Å². The van der Waals surface area contributed by atoms with E-state index in [1.165, 1.54) is 28.1 Å². The smallest absolute Gasteiger partial charge is 0.229 e. The van der Waals surface area contributed by atoms with Crippen LogP contribution in [0.5, 0.6) is 11.8 Å². The molecule has 3 aromatic rings. The highest BCUT2D eigenvalue weighted by molar-refractivity contribution is 5.93. The Morgan fingerprint density at radius 3 is 1.43 bits per heavy atom. The van der Waals surface area contributed by atoms with Crippen molar-refractivity contribution < 1.29 is 28.7 Å². The van der Waals surface area contributed by atoms with E-state index in [0.717, 1.165) is 27.8 Å². The molecule has 0 unspecified atom stereocenters. The molecule has 2 heterocycles. The van der Waals surface area contributed by atoms with E-state index in [1.807, 2.05) is 37.3 Å². The average Bonchev–Trinajstić information content (AvgIpc) is 3.03. The maximum absolute atomic E-state index is 12.9. The number of nitrogens with zero attached hydrogens (tertiary/aromatic N) is 2. The van der Waals surface area contributed by atoms with Gasteiger partial charge >= 0.3 is 0 Å². The third kappa shape index (κ3) is 12.3. The maximum atomic E-state index is 12.9. The molecule has 2 aromatic heterocycles. The van der Waals surface area contributed by atoms with Crippen molar-refractivity contribution in [2.75, 3.05) is 51.0 Å². The average molecular weight is 649 g/mol. The third-order valence-electron chi connectivity index (χ3n) is 7.04.